The lowest BCUT2D eigenvalue weighted by Gasteiger charge is -2.42. The third-order valence-electron chi connectivity index (χ3n) is 3.38. The highest BCUT2D eigenvalue weighted by Crippen LogP contribution is 2.71. The summed E-state index contributed by atoms with van der Waals surface area (Å²) in [6.45, 7) is 0. The summed E-state index contributed by atoms with van der Waals surface area (Å²) in [7, 11) is 0. The minimum atomic E-state index is -8.21. The Morgan fingerprint density at radius 2 is 0.893 bits per heavy atom. The molecular formula is C9Cl3F15O. The quantitative estimate of drug-likeness (QED) is 0.309. The van der Waals surface area contributed by atoms with Crippen LogP contribution in [0.1, 0.15) is 0 Å². The average Bonchev–Trinajstić information content (AvgIpc) is 2.52. The minimum Gasteiger partial charge on any atom is -0.307 e. The van der Waals surface area contributed by atoms with Crippen molar-refractivity contribution < 1.29 is 70.6 Å². The molecule has 0 aliphatic carbocycles. The Morgan fingerprint density at radius 3 is 1.14 bits per heavy atom. The van der Waals surface area contributed by atoms with Crippen LogP contribution in [0.4, 0.5) is 65.9 Å². The van der Waals surface area contributed by atoms with E-state index in [1.165, 1.54) is 0 Å². The van der Waals surface area contributed by atoms with Crippen LogP contribution in [-0.2, 0) is 4.74 Å². The molecule has 1 heterocycles. The molecule has 1 aliphatic heterocycles. The molecule has 1 unspecified atom stereocenters. The summed E-state index contributed by atoms with van der Waals surface area (Å²) in [6.07, 6.45) is -7.62. The average molecular weight is 515 g/mol. The lowest BCUT2D eigenvalue weighted by molar-refractivity contribution is -0.437. The molecule has 19 heteroatoms. The van der Waals surface area contributed by atoms with E-state index in [0.29, 0.717) is 0 Å². The largest absolute Gasteiger partial charge is 0.460 e. The molecule has 168 valence electrons. The zero-order valence-corrected chi connectivity index (χ0v) is 14.0. The Labute approximate surface area is 157 Å². The number of hydrogen-bond donors (Lipinski definition) is 0. The fourth-order valence-electron chi connectivity index (χ4n) is 1.73. The van der Waals surface area contributed by atoms with Gasteiger partial charge in [-0.15, -0.1) is 0 Å². The molecule has 0 aromatic carbocycles. The molecule has 0 saturated carbocycles. The van der Waals surface area contributed by atoms with Crippen LogP contribution in [0.15, 0.2) is 0 Å². The van der Waals surface area contributed by atoms with Crippen molar-refractivity contribution in [2.75, 3.05) is 0 Å². The van der Waals surface area contributed by atoms with E-state index < -0.39 is 51.3 Å². The van der Waals surface area contributed by atoms with Crippen molar-refractivity contribution in [1.82, 2.24) is 0 Å². The SMILES string of the molecule is FC(F)(F)C(F)(F)C(F)(F)C(F)(F)C(F)(F)C1(Cl)OC(Cl)(Cl)C(F)(F)C1(F)F. The first-order valence-corrected chi connectivity index (χ1v) is 6.94. The van der Waals surface area contributed by atoms with Gasteiger partial charge in [0.05, 0.1) is 0 Å². The Kier molecular flexibility index (Phi) is 5.47. The highest BCUT2D eigenvalue weighted by molar-refractivity contribution is 6.48. The summed E-state index contributed by atoms with van der Waals surface area (Å²) >= 11 is 13.0. The number of alkyl halides is 18. The molecule has 0 radical (unpaired) electrons. The number of ether oxygens (including phenoxy) is 1. The third kappa shape index (κ3) is 2.62. The number of hydrogen-bond acceptors (Lipinski definition) is 1. The lowest BCUT2D eigenvalue weighted by Crippen LogP contribution is -2.73. The van der Waals surface area contributed by atoms with Gasteiger partial charge < -0.3 is 4.74 Å². The molecule has 0 spiro atoms. The molecular weight excluding hydrogens is 515 g/mol. The molecule has 0 bridgehead atoms. The highest BCUT2D eigenvalue weighted by atomic mass is 35.5. The van der Waals surface area contributed by atoms with Gasteiger partial charge in [-0.1, -0.05) is 34.8 Å². The molecule has 1 atom stereocenters. The van der Waals surface area contributed by atoms with Crippen LogP contribution < -0.4 is 0 Å². The Hall–Kier alpha value is -0.220. The molecule has 0 amide bonds. The Bertz CT molecular complexity index is 641. The standard InChI is InChI=1S/C9Cl3F15O/c10-1(3(15,16)6(21,22)8(11,12)28-1)2(13,14)4(17,18)5(19,20)7(23,24)9(25,26)27. The molecule has 28 heavy (non-hydrogen) atoms. The molecule has 1 nitrogen and oxygen atoms in total. The van der Waals surface area contributed by atoms with Gasteiger partial charge in [0, 0.05) is 0 Å². The summed E-state index contributed by atoms with van der Waals surface area (Å²) < 4.78 is 193. The van der Waals surface area contributed by atoms with Gasteiger partial charge in [0.2, 0.25) is 0 Å². The topological polar surface area (TPSA) is 9.23 Å². The second-order valence-electron chi connectivity index (χ2n) is 5.16. The van der Waals surface area contributed by atoms with Gasteiger partial charge in [-0.25, -0.2) is 0 Å². The molecule has 1 rings (SSSR count). The van der Waals surface area contributed by atoms with Crippen LogP contribution >= 0.6 is 34.8 Å². The van der Waals surface area contributed by atoms with Crippen LogP contribution in [0.25, 0.3) is 0 Å². The summed E-state index contributed by atoms with van der Waals surface area (Å²) in [5.74, 6) is -45.3. The minimum absolute atomic E-state index is 2.82. The van der Waals surface area contributed by atoms with Crippen LogP contribution in [0.2, 0.25) is 0 Å². The zero-order valence-electron chi connectivity index (χ0n) is 11.7. The van der Waals surface area contributed by atoms with Crippen molar-refractivity contribution in [1.29, 1.82) is 0 Å². The Balaban J connectivity index is 3.74. The molecule has 1 fully saturated rings. The monoisotopic (exact) mass is 514 g/mol. The van der Waals surface area contributed by atoms with Gasteiger partial charge in [0.1, 0.15) is 0 Å². The van der Waals surface area contributed by atoms with Crippen LogP contribution in [0.5, 0.6) is 0 Å². The van der Waals surface area contributed by atoms with Gasteiger partial charge in [-0.2, -0.15) is 65.9 Å². The van der Waals surface area contributed by atoms with E-state index >= 15 is 0 Å². The highest BCUT2D eigenvalue weighted by Gasteiger charge is 2.98. The summed E-state index contributed by atoms with van der Waals surface area (Å²) in [4.78, 5) is 0. The number of rotatable bonds is 4. The van der Waals surface area contributed by atoms with Gasteiger partial charge >= 0.3 is 41.7 Å². The molecule has 0 N–H and O–H groups in total. The van der Waals surface area contributed by atoms with Gasteiger partial charge in [-0.3, -0.25) is 0 Å². The predicted octanol–water partition coefficient (Wildman–Crippen LogP) is 6.46. The normalized spacial score (nSPS) is 28.5. The van der Waals surface area contributed by atoms with Gasteiger partial charge in [-0.05, 0) is 0 Å². The van der Waals surface area contributed by atoms with Crippen molar-refractivity contribution in [2.45, 2.75) is 51.3 Å². The summed E-state index contributed by atoms with van der Waals surface area (Å²) in [6, 6.07) is 0. The molecule has 1 saturated heterocycles. The van der Waals surface area contributed by atoms with E-state index in [2.05, 4.69) is 39.5 Å². The van der Waals surface area contributed by atoms with Crippen LogP contribution in [0, 0.1) is 0 Å². The van der Waals surface area contributed by atoms with Gasteiger partial charge in [0.15, 0.2) is 0 Å². The molecule has 1 aliphatic rings. The van der Waals surface area contributed by atoms with E-state index in [9.17, 15) is 65.9 Å². The van der Waals surface area contributed by atoms with E-state index in [4.69, 9.17) is 0 Å². The van der Waals surface area contributed by atoms with Crippen LogP contribution in [0.3, 0.4) is 0 Å². The van der Waals surface area contributed by atoms with Crippen molar-refractivity contribution in [3.05, 3.63) is 0 Å². The van der Waals surface area contributed by atoms with Crippen molar-refractivity contribution in [2.24, 2.45) is 0 Å². The van der Waals surface area contributed by atoms with Crippen LogP contribution in [-0.4, -0.2) is 51.3 Å². The Morgan fingerprint density at radius 1 is 0.536 bits per heavy atom. The van der Waals surface area contributed by atoms with Crippen molar-refractivity contribution in [3.8, 4) is 0 Å². The van der Waals surface area contributed by atoms with Crippen molar-refractivity contribution >= 4 is 34.8 Å². The van der Waals surface area contributed by atoms with E-state index in [1.54, 1.807) is 0 Å². The first kappa shape index (κ1) is 25.8. The maximum absolute atomic E-state index is 13.8. The summed E-state index contributed by atoms with van der Waals surface area (Å²) in [5, 5.41) is -6.40. The first-order valence-electron chi connectivity index (χ1n) is 5.81. The summed E-state index contributed by atoms with van der Waals surface area (Å²) in [5.41, 5.74) is 0. The molecule has 0 aromatic heterocycles. The van der Waals surface area contributed by atoms with E-state index in [1.807, 2.05) is 0 Å². The van der Waals surface area contributed by atoms with Crippen molar-refractivity contribution in [3.63, 3.8) is 0 Å². The maximum Gasteiger partial charge on any atom is 0.460 e. The molecule has 0 aromatic rings. The van der Waals surface area contributed by atoms with Gasteiger partial charge in [0.25, 0.3) is 9.58 Å². The lowest BCUT2D eigenvalue weighted by atomic mass is 9.91. The third-order valence-corrected chi connectivity index (χ3v) is 4.56. The second kappa shape index (κ2) is 5.93. The van der Waals surface area contributed by atoms with E-state index in [0.717, 1.165) is 0 Å². The zero-order chi connectivity index (χ0) is 23.2. The fourth-order valence-corrected chi connectivity index (χ4v) is 2.63. The van der Waals surface area contributed by atoms with E-state index in [-0.39, 0.29) is 0 Å². The first-order chi connectivity index (χ1) is 11.7. The smallest absolute Gasteiger partial charge is 0.307 e. The number of halogens is 18. The second-order valence-corrected chi connectivity index (χ2v) is 6.95. The fraction of sp³-hybridized carbons (Fsp3) is 1.00. The predicted molar refractivity (Wildman–Crippen MR) is 59.8 cm³/mol. The maximum atomic E-state index is 13.8.